The molecule has 1 aliphatic rings. The number of benzene rings is 1. The molecule has 1 atom stereocenters. The van der Waals surface area contributed by atoms with Gasteiger partial charge in [0.15, 0.2) is 0 Å². The summed E-state index contributed by atoms with van der Waals surface area (Å²) in [6.07, 6.45) is 1.84. The van der Waals surface area contributed by atoms with Crippen molar-refractivity contribution in [3.8, 4) is 0 Å². The average Bonchev–Trinajstić information content (AvgIpc) is 2.69. The van der Waals surface area contributed by atoms with Crippen molar-refractivity contribution in [2.75, 3.05) is 13.1 Å². The molecule has 3 rings (SSSR count). The van der Waals surface area contributed by atoms with Gasteiger partial charge in [-0.25, -0.2) is 0 Å². The van der Waals surface area contributed by atoms with Crippen LogP contribution in [-0.4, -0.2) is 38.5 Å². The van der Waals surface area contributed by atoms with Crippen LogP contribution in [0.15, 0.2) is 53.5 Å². The molecule has 1 fully saturated rings. The van der Waals surface area contributed by atoms with Crippen molar-refractivity contribution in [3.05, 3.63) is 74.7 Å². The van der Waals surface area contributed by atoms with E-state index in [1.807, 2.05) is 30.3 Å². The van der Waals surface area contributed by atoms with E-state index in [9.17, 15) is 24.8 Å². The number of carbonyl (C=O) groups is 1. The van der Waals surface area contributed by atoms with Crippen molar-refractivity contribution in [2.45, 2.75) is 25.5 Å². The lowest BCUT2D eigenvalue weighted by molar-refractivity contribution is -0.385. The summed E-state index contributed by atoms with van der Waals surface area (Å²) >= 11 is 0. The third-order valence-corrected chi connectivity index (χ3v) is 4.96. The summed E-state index contributed by atoms with van der Waals surface area (Å²) in [5.41, 5.74) is 0.181. The summed E-state index contributed by atoms with van der Waals surface area (Å²) in [5.74, 6) is -0.192. The minimum atomic E-state index is -0.600. The average molecular weight is 371 g/mol. The second-order valence-corrected chi connectivity index (χ2v) is 6.68. The second-order valence-electron chi connectivity index (χ2n) is 6.68. The molecule has 0 spiro atoms. The van der Waals surface area contributed by atoms with E-state index in [4.69, 9.17) is 0 Å². The molecule has 2 heterocycles. The summed E-state index contributed by atoms with van der Waals surface area (Å²) < 4.78 is 1.06. The summed E-state index contributed by atoms with van der Waals surface area (Å²) in [6.45, 7) is 0.737. The summed E-state index contributed by atoms with van der Waals surface area (Å²) in [6, 6.07) is 11.6. The Morgan fingerprint density at radius 1 is 1.19 bits per heavy atom. The van der Waals surface area contributed by atoms with Gasteiger partial charge >= 0.3 is 0 Å². The van der Waals surface area contributed by atoms with Crippen LogP contribution >= 0.6 is 0 Å². The lowest BCUT2D eigenvalue weighted by Crippen LogP contribution is -2.42. The molecule has 1 aliphatic heterocycles. The molecule has 1 saturated heterocycles. The Labute approximate surface area is 155 Å². The van der Waals surface area contributed by atoms with Crippen LogP contribution in [-0.2, 0) is 11.3 Å². The molecule has 0 aliphatic carbocycles. The van der Waals surface area contributed by atoms with E-state index in [1.54, 1.807) is 4.90 Å². The quantitative estimate of drug-likeness (QED) is 0.636. The number of hydrogen-bond donors (Lipinski definition) is 1. The molecule has 0 bridgehead atoms. The van der Waals surface area contributed by atoms with E-state index in [2.05, 4.69) is 0 Å². The number of aliphatic hydroxyl groups excluding tert-OH is 1. The lowest BCUT2D eigenvalue weighted by atomic mass is 9.87. The molecule has 1 unspecified atom stereocenters. The van der Waals surface area contributed by atoms with Gasteiger partial charge in [-0.3, -0.25) is 24.3 Å². The van der Waals surface area contributed by atoms with E-state index in [1.165, 1.54) is 0 Å². The first-order chi connectivity index (χ1) is 13.0. The summed E-state index contributed by atoms with van der Waals surface area (Å²) in [7, 11) is 0. The zero-order valence-electron chi connectivity index (χ0n) is 14.7. The number of amides is 1. The molecule has 1 aromatic heterocycles. The summed E-state index contributed by atoms with van der Waals surface area (Å²) in [4.78, 5) is 36.2. The van der Waals surface area contributed by atoms with Gasteiger partial charge in [0, 0.05) is 25.2 Å². The fraction of sp³-hybridized carbons (Fsp3) is 0.368. The van der Waals surface area contributed by atoms with Crippen LogP contribution in [0.4, 0.5) is 5.69 Å². The van der Waals surface area contributed by atoms with E-state index in [-0.39, 0.29) is 24.1 Å². The van der Waals surface area contributed by atoms with Crippen molar-refractivity contribution in [3.63, 3.8) is 0 Å². The van der Waals surface area contributed by atoms with Gasteiger partial charge in [-0.15, -0.1) is 0 Å². The molecule has 142 valence electrons. The smallest absolute Gasteiger partial charge is 0.285 e. The zero-order chi connectivity index (χ0) is 19.4. The molecule has 1 aromatic carbocycles. The Balaban J connectivity index is 1.60. The fourth-order valence-corrected chi connectivity index (χ4v) is 3.38. The van der Waals surface area contributed by atoms with Crippen molar-refractivity contribution in [2.24, 2.45) is 5.92 Å². The monoisotopic (exact) mass is 371 g/mol. The molecule has 0 saturated carbocycles. The van der Waals surface area contributed by atoms with Crippen molar-refractivity contribution in [1.29, 1.82) is 0 Å². The van der Waals surface area contributed by atoms with Crippen LogP contribution in [0, 0.1) is 16.0 Å². The molecule has 1 N–H and O–H groups in total. The molecule has 27 heavy (non-hydrogen) atoms. The van der Waals surface area contributed by atoms with Crippen LogP contribution in [0.5, 0.6) is 0 Å². The highest BCUT2D eigenvalue weighted by Gasteiger charge is 2.28. The van der Waals surface area contributed by atoms with E-state index in [0.717, 1.165) is 28.5 Å². The van der Waals surface area contributed by atoms with E-state index < -0.39 is 16.6 Å². The lowest BCUT2D eigenvalue weighted by Gasteiger charge is -2.34. The van der Waals surface area contributed by atoms with Gasteiger partial charge < -0.3 is 10.0 Å². The van der Waals surface area contributed by atoms with Gasteiger partial charge in [-0.1, -0.05) is 30.3 Å². The standard InChI is InChI=1S/C19H21N3O5/c23-17-7-6-16(22(26)27)12-21(17)13-18(24)20-10-8-15(9-11-20)19(25)14-4-2-1-3-5-14/h1-7,12,15,19,25H,8-11,13H2. The molecule has 8 heteroatoms. The van der Waals surface area contributed by atoms with Crippen LogP contribution < -0.4 is 5.56 Å². The maximum Gasteiger partial charge on any atom is 0.285 e. The number of aliphatic hydroxyl groups is 1. The highest BCUT2D eigenvalue weighted by molar-refractivity contribution is 5.76. The normalized spacial score (nSPS) is 16.1. The molecule has 0 radical (unpaired) electrons. The highest BCUT2D eigenvalue weighted by atomic mass is 16.6. The first kappa shape index (κ1) is 18.8. The maximum absolute atomic E-state index is 12.5. The third kappa shape index (κ3) is 4.40. The molecular formula is C19H21N3O5. The third-order valence-electron chi connectivity index (χ3n) is 4.96. The number of aromatic nitrogens is 1. The minimum absolute atomic E-state index is 0.0667. The number of piperidine rings is 1. The van der Waals surface area contributed by atoms with Gasteiger partial charge in [0.1, 0.15) is 6.54 Å². The predicted octanol–water partition coefficient (Wildman–Crippen LogP) is 1.73. The van der Waals surface area contributed by atoms with Crippen LogP contribution in [0.1, 0.15) is 24.5 Å². The first-order valence-electron chi connectivity index (χ1n) is 8.81. The summed E-state index contributed by atoms with van der Waals surface area (Å²) in [5, 5.41) is 21.4. The van der Waals surface area contributed by atoms with Crippen LogP contribution in [0.3, 0.4) is 0 Å². The molecular weight excluding hydrogens is 350 g/mol. The van der Waals surface area contributed by atoms with Gasteiger partial charge in [-0.2, -0.15) is 0 Å². The zero-order valence-corrected chi connectivity index (χ0v) is 14.7. The molecule has 8 nitrogen and oxygen atoms in total. The number of pyridine rings is 1. The minimum Gasteiger partial charge on any atom is -0.388 e. The Bertz CT molecular complexity index is 872. The SMILES string of the molecule is O=C(Cn1cc([N+](=O)[O-])ccc1=O)N1CCC(C(O)c2ccccc2)CC1. The topological polar surface area (TPSA) is 106 Å². The Kier molecular flexibility index (Phi) is 5.66. The molecule has 1 amide bonds. The maximum atomic E-state index is 12.5. The van der Waals surface area contributed by atoms with Gasteiger partial charge in [0.25, 0.3) is 11.2 Å². The number of hydrogen-bond acceptors (Lipinski definition) is 5. The van der Waals surface area contributed by atoms with Gasteiger partial charge in [-0.05, 0) is 24.3 Å². The van der Waals surface area contributed by atoms with E-state index in [0.29, 0.717) is 25.9 Å². The Hall–Kier alpha value is -3.00. The number of carbonyl (C=O) groups excluding carboxylic acids is 1. The first-order valence-corrected chi connectivity index (χ1v) is 8.81. The second kappa shape index (κ2) is 8.13. The van der Waals surface area contributed by atoms with Crippen LogP contribution in [0.25, 0.3) is 0 Å². The predicted molar refractivity (Wildman–Crippen MR) is 98.1 cm³/mol. The van der Waals surface area contributed by atoms with Crippen molar-refractivity contribution >= 4 is 11.6 Å². The van der Waals surface area contributed by atoms with Crippen molar-refractivity contribution < 1.29 is 14.8 Å². The number of likely N-dealkylation sites (tertiary alicyclic amines) is 1. The van der Waals surface area contributed by atoms with Gasteiger partial charge in [0.05, 0.1) is 17.2 Å². The largest absolute Gasteiger partial charge is 0.388 e. The van der Waals surface area contributed by atoms with E-state index >= 15 is 0 Å². The van der Waals surface area contributed by atoms with Crippen molar-refractivity contribution in [1.82, 2.24) is 9.47 Å². The Morgan fingerprint density at radius 2 is 1.85 bits per heavy atom. The fourth-order valence-electron chi connectivity index (χ4n) is 3.38. The Morgan fingerprint density at radius 3 is 2.48 bits per heavy atom. The van der Waals surface area contributed by atoms with Crippen LogP contribution in [0.2, 0.25) is 0 Å². The number of nitrogens with zero attached hydrogens (tertiary/aromatic N) is 3. The molecule has 2 aromatic rings. The van der Waals surface area contributed by atoms with Gasteiger partial charge in [0.2, 0.25) is 5.91 Å². The number of nitro groups is 1. The number of rotatable bonds is 5. The highest BCUT2D eigenvalue weighted by Crippen LogP contribution is 2.30.